The summed E-state index contributed by atoms with van der Waals surface area (Å²) in [4.78, 5) is 35.3. The average Bonchev–Trinajstić information content (AvgIpc) is 2.70. The van der Waals surface area contributed by atoms with E-state index in [4.69, 9.17) is 10.8 Å². The molecule has 2 rings (SSSR count). The van der Waals surface area contributed by atoms with Gasteiger partial charge in [-0.3, -0.25) is 19.3 Å². The number of carboxylic acid groups (broad SMARTS) is 1. The zero-order valence-electron chi connectivity index (χ0n) is 11.4. The minimum absolute atomic E-state index is 0.157. The lowest BCUT2D eigenvalue weighted by Crippen LogP contribution is -2.38. The molecule has 0 spiro atoms. The number of sulfone groups is 1. The molecule has 1 aliphatic heterocycles. The van der Waals surface area contributed by atoms with Gasteiger partial charge in [0.15, 0.2) is 9.84 Å². The van der Waals surface area contributed by atoms with E-state index in [9.17, 15) is 22.8 Å². The van der Waals surface area contributed by atoms with Crippen LogP contribution in [0.1, 0.15) is 27.1 Å². The Morgan fingerprint density at radius 1 is 1.18 bits per heavy atom. The molecule has 1 atom stereocenters. The Hall–Kier alpha value is -2.26. The number of hydrogen-bond acceptors (Lipinski definition) is 6. The Bertz CT molecular complexity index is 708. The summed E-state index contributed by atoms with van der Waals surface area (Å²) in [6.07, 6.45) is -0.291. The molecule has 1 heterocycles. The highest BCUT2D eigenvalue weighted by atomic mass is 32.2. The molecular weight excluding hydrogens is 312 g/mol. The fourth-order valence-electron chi connectivity index (χ4n) is 2.05. The van der Waals surface area contributed by atoms with Crippen molar-refractivity contribution in [2.24, 2.45) is 5.73 Å². The lowest BCUT2D eigenvalue weighted by Gasteiger charge is -2.14. The molecule has 0 saturated carbocycles. The van der Waals surface area contributed by atoms with Crippen LogP contribution in [-0.2, 0) is 14.6 Å². The first-order valence-electron chi connectivity index (χ1n) is 6.37. The van der Waals surface area contributed by atoms with E-state index in [0.717, 1.165) is 0 Å². The molecule has 9 heteroatoms. The molecule has 0 aliphatic carbocycles. The number of carbonyl (C=O) groups is 3. The third kappa shape index (κ3) is 3.15. The number of imide groups is 1. The Morgan fingerprint density at radius 2 is 1.68 bits per heavy atom. The molecule has 118 valence electrons. The van der Waals surface area contributed by atoms with Gasteiger partial charge in [-0.25, -0.2) is 8.42 Å². The van der Waals surface area contributed by atoms with Crippen LogP contribution in [0.15, 0.2) is 24.3 Å². The molecule has 3 N–H and O–H groups in total. The zero-order valence-corrected chi connectivity index (χ0v) is 12.2. The van der Waals surface area contributed by atoms with Gasteiger partial charge in [0.25, 0.3) is 11.8 Å². The molecule has 0 bridgehead atoms. The van der Waals surface area contributed by atoms with E-state index in [1.165, 1.54) is 12.1 Å². The van der Waals surface area contributed by atoms with Crippen molar-refractivity contribution in [2.75, 3.05) is 11.6 Å². The maximum atomic E-state index is 12.1. The summed E-state index contributed by atoms with van der Waals surface area (Å²) in [6.45, 7) is 0. The summed E-state index contributed by atoms with van der Waals surface area (Å²) < 4.78 is 23.9. The Morgan fingerprint density at radius 3 is 2.14 bits per heavy atom. The van der Waals surface area contributed by atoms with E-state index < -0.39 is 45.3 Å². The van der Waals surface area contributed by atoms with Crippen molar-refractivity contribution < 1.29 is 27.9 Å². The number of carbonyl (C=O) groups excluding carboxylic acids is 2. The Balaban J connectivity index is 2.10. The standard InChI is InChI=1S/C13H14N2O6S/c14-10(13(18)19)5-6-22(20,21)7-15-11(16)8-3-1-2-4-9(8)12(15)17/h1-4,10H,5-7,14H2,(H,18,19)/t10-/m1/s1. The number of aliphatic carboxylic acids is 1. The Kier molecular flexibility index (Phi) is 4.29. The van der Waals surface area contributed by atoms with Crippen LogP contribution in [0, 0.1) is 0 Å². The number of benzene rings is 1. The van der Waals surface area contributed by atoms with Crippen LogP contribution in [0.25, 0.3) is 0 Å². The number of fused-ring (bicyclic) bond motifs is 1. The molecule has 22 heavy (non-hydrogen) atoms. The minimum Gasteiger partial charge on any atom is -0.480 e. The predicted octanol–water partition coefficient (Wildman–Crippen LogP) is -0.543. The van der Waals surface area contributed by atoms with Gasteiger partial charge in [0.1, 0.15) is 11.9 Å². The van der Waals surface area contributed by atoms with Gasteiger partial charge in [0, 0.05) is 0 Å². The van der Waals surface area contributed by atoms with Crippen LogP contribution in [0.5, 0.6) is 0 Å². The van der Waals surface area contributed by atoms with Crippen molar-refractivity contribution >= 4 is 27.6 Å². The van der Waals surface area contributed by atoms with E-state index in [1.807, 2.05) is 0 Å². The van der Waals surface area contributed by atoms with Crippen molar-refractivity contribution in [3.05, 3.63) is 35.4 Å². The topological polar surface area (TPSA) is 135 Å². The lowest BCUT2D eigenvalue weighted by atomic mass is 10.1. The quantitative estimate of drug-likeness (QED) is 0.670. The molecule has 0 fully saturated rings. The second-order valence-electron chi connectivity index (χ2n) is 4.89. The number of carboxylic acids is 1. The molecule has 0 saturated heterocycles. The van der Waals surface area contributed by atoms with Gasteiger partial charge in [0.2, 0.25) is 0 Å². The first kappa shape index (κ1) is 16.1. The van der Waals surface area contributed by atoms with Gasteiger partial charge in [-0.2, -0.15) is 0 Å². The molecule has 1 aromatic rings. The number of hydrogen-bond donors (Lipinski definition) is 2. The van der Waals surface area contributed by atoms with Gasteiger partial charge < -0.3 is 10.8 Å². The van der Waals surface area contributed by atoms with E-state index in [-0.39, 0.29) is 17.5 Å². The number of nitrogens with two attached hydrogens (primary N) is 1. The summed E-state index contributed by atoms with van der Waals surface area (Å²) >= 11 is 0. The van der Waals surface area contributed by atoms with Crippen molar-refractivity contribution in [3.8, 4) is 0 Å². The Labute approximate surface area is 126 Å². The van der Waals surface area contributed by atoms with Crippen molar-refractivity contribution in [1.82, 2.24) is 4.90 Å². The molecule has 0 aromatic heterocycles. The third-order valence-corrected chi connectivity index (χ3v) is 4.77. The van der Waals surface area contributed by atoms with Gasteiger partial charge in [-0.15, -0.1) is 0 Å². The summed E-state index contributed by atoms with van der Waals surface area (Å²) in [6, 6.07) is 4.74. The van der Waals surface area contributed by atoms with Gasteiger partial charge in [-0.1, -0.05) is 12.1 Å². The number of amides is 2. The van der Waals surface area contributed by atoms with Gasteiger partial charge in [0.05, 0.1) is 16.9 Å². The van der Waals surface area contributed by atoms with Crippen LogP contribution in [0.4, 0.5) is 0 Å². The fourth-order valence-corrected chi connectivity index (χ4v) is 3.42. The maximum absolute atomic E-state index is 12.1. The normalized spacial score (nSPS) is 15.8. The van der Waals surface area contributed by atoms with Crippen LogP contribution in [0.2, 0.25) is 0 Å². The van der Waals surface area contributed by atoms with Gasteiger partial charge in [-0.05, 0) is 18.6 Å². The third-order valence-electron chi connectivity index (χ3n) is 3.26. The zero-order chi connectivity index (χ0) is 16.5. The highest BCUT2D eigenvalue weighted by Crippen LogP contribution is 2.23. The van der Waals surface area contributed by atoms with Crippen LogP contribution >= 0.6 is 0 Å². The maximum Gasteiger partial charge on any atom is 0.320 e. The molecule has 0 radical (unpaired) electrons. The van der Waals surface area contributed by atoms with Crippen molar-refractivity contribution in [1.29, 1.82) is 0 Å². The van der Waals surface area contributed by atoms with E-state index in [0.29, 0.717) is 4.90 Å². The molecule has 0 unspecified atom stereocenters. The molecule has 1 aliphatic rings. The highest BCUT2D eigenvalue weighted by Gasteiger charge is 2.37. The predicted molar refractivity (Wildman–Crippen MR) is 75.8 cm³/mol. The highest BCUT2D eigenvalue weighted by molar-refractivity contribution is 7.91. The molecule has 1 aromatic carbocycles. The molecular formula is C13H14N2O6S. The van der Waals surface area contributed by atoms with E-state index in [2.05, 4.69) is 0 Å². The summed E-state index contributed by atoms with van der Waals surface area (Å²) in [5.41, 5.74) is 5.56. The number of rotatable bonds is 6. The monoisotopic (exact) mass is 326 g/mol. The first-order chi connectivity index (χ1) is 10.2. The SMILES string of the molecule is N[C@H](CCS(=O)(=O)CN1C(=O)c2ccccc2C1=O)C(=O)O. The smallest absolute Gasteiger partial charge is 0.320 e. The lowest BCUT2D eigenvalue weighted by molar-refractivity contribution is -0.138. The van der Waals surface area contributed by atoms with Crippen molar-refractivity contribution in [2.45, 2.75) is 12.5 Å². The van der Waals surface area contributed by atoms with Gasteiger partial charge >= 0.3 is 5.97 Å². The van der Waals surface area contributed by atoms with E-state index in [1.54, 1.807) is 12.1 Å². The summed E-state index contributed by atoms with van der Waals surface area (Å²) in [5, 5.41) is 8.63. The fraction of sp³-hybridized carbons (Fsp3) is 0.308. The molecule has 8 nitrogen and oxygen atoms in total. The largest absolute Gasteiger partial charge is 0.480 e. The summed E-state index contributed by atoms with van der Waals surface area (Å²) in [5.74, 6) is -3.96. The number of nitrogens with zero attached hydrogens (tertiary/aromatic N) is 1. The summed E-state index contributed by atoms with van der Waals surface area (Å²) in [7, 11) is -3.84. The molecule has 2 amide bonds. The first-order valence-corrected chi connectivity index (χ1v) is 8.19. The average molecular weight is 326 g/mol. The minimum atomic E-state index is -3.84. The van der Waals surface area contributed by atoms with Crippen LogP contribution < -0.4 is 5.73 Å². The van der Waals surface area contributed by atoms with Crippen molar-refractivity contribution in [3.63, 3.8) is 0 Å². The van der Waals surface area contributed by atoms with Crippen LogP contribution in [0.3, 0.4) is 0 Å². The second-order valence-corrected chi connectivity index (χ2v) is 7.05. The van der Waals surface area contributed by atoms with Crippen LogP contribution in [-0.4, -0.2) is 53.9 Å². The van der Waals surface area contributed by atoms with E-state index >= 15 is 0 Å². The second kappa shape index (κ2) is 5.85.